The van der Waals surface area contributed by atoms with Crippen molar-refractivity contribution in [1.82, 2.24) is 9.80 Å². The van der Waals surface area contributed by atoms with Gasteiger partial charge < -0.3 is 14.4 Å². The lowest BCUT2D eigenvalue weighted by Crippen LogP contribution is -2.45. The van der Waals surface area contributed by atoms with E-state index in [-0.39, 0.29) is 5.41 Å². The zero-order valence-electron chi connectivity index (χ0n) is 13.3. The fraction of sp³-hybridized carbons (Fsp3) is 0.941. The average Bonchev–Trinajstić information content (AvgIpc) is 2.86. The number of likely N-dealkylation sites (tertiary alicyclic amines) is 1. The summed E-state index contributed by atoms with van der Waals surface area (Å²) in [4.78, 5) is 16.9. The highest BCUT2D eigenvalue weighted by atomic mass is 16.5. The maximum atomic E-state index is 11.8. The first-order chi connectivity index (χ1) is 10.3. The summed E-state index contributed by atoms with van der Waals surface area (Å²) in [7, 11) is 0. The van der Waals surface area contributed by atoms with Crippen molar-refractivity contribution in [2.24, 2.45) is 5.41 Å². The number of hydrogen-bond donors (Lipinski definition) is 0. The van der Waals surface area contributed by atoms with E-state index in [1.54, 1.807) is 0 Å². The van der Waals surface area contributed by atoms with Gasteiger partial charge in [-0.15, -0.1) is 0 Å². The Morgan fingerprint density at radius 1 is 1.05 bits per heavy atom. The lowest BCUT2D eigenvalue weighted by atomic mass is 9.81. The third-order valence-corrected chi connectivity index (χ3v) is 5.70. The van der Waals surface area contributed by atoms with E-state index in [2.05, 4.69) is 9.80 Å². The van der Waals surface area contributed by atoms with E-state index in [0.29, 0.717) is 6.04 Å². The number of aldehydes is 1. The van der Waals surface area contributed by atoms with Gasteiger partial charge in [0.2, 0.25) is 0 Å². The Morgan fingerprint density at radius 3 is 2.43 bits per heavy atom. The molecule has 3 aliphatic rings. The lowest BCUT2D eigenvalue weighted by Gasteiger charge is -2.34. The molecule has 1 unspecified atom stereocenters. The van der Waals surface area contributed by atoms with Crippen LogP contribution in [0.5, 0.6) is 0 Å². The Hall–Kier alpha value is -0.450. The molecule has 120 valence electrons. The van der Waals surface area contributed by atoms with Crippen LogP contribution in [0.1, 0.15) is 44.9 Å². The van der Waals surface area contributed by atoms with Crippen LogP contribution < -0.4 is 0 Å². The first-order valence-electron chi connectivity index (χ1n) is 8.82. The number of carbonyl (C=O) groups excluding carboxylic acids is 1. The van der Waals surface area contributed by atoms with Crippen molar-refractivity contribution in [1.29, 1.82) is 0 Å². The number of rotatable bonds is 4. The van der Waals surface area contributed by atoms with Crippen LogP contribution >= 0.6 is 0 Å². The Labute approximate surface area is 128 Å². The molecule has 0 bridgehead atoms. The van der Waals surface area contributed by atoms with Gasteiger partial charge >= 0.3 is 0 Å². The molecule has 2 heterocycles. The van der Waals surface area contributed by atoms with Crippen LogP contribution in [0.2, 0.25) is 0 Å². The molecule has 4 heteroatoms. The van der Waals surface area contributed by atoms with Gasteiger partial charge in [0.25, 0.3) is 0 Å². The number of morpholine rings is 1. The minimum atomic E-state index is -0.0452. The van der Waals surface area contributed by atoms with E-state index in [1.807, 2.05) is 0 Å². The van der Waals surface area contributed by atoms with Crippen molar-refractivity contribution in [2.75, 3.05) is 45.9 Å². The molecule has 0 radical (unpaired) electrons. The van der Waals surface area contributed by atoms with Crippen LogP contribution in [0.4, 0.5) is 0 Å². The Balaban J connectivity index is 1.54. The van der Waals surface area contributed by atoms with E-state index >= 15 is 0 Å². The Kier molecular flexibility index (Phi) is 5.30. The van der Waals surface area contributed by atoms with Gasteiger partial charge in [-0.25, -0.2) is 0 Å². The SMILES string of the molecule is O=CC1(CN2CCC(N3CCOCC3)C2)CCCCCC1. The fourth-order valence-corrected chi connectivity index (χ4v) is 4.39. The summed E-state index contributed by atoms with van der Waals surface area (Å²) >= 11 is 0. The summed E-state index contributed by atoms with van der Waals surface area (Å²) in [6.07, 6.45) is 9.86. The van der Waals surface area contributed by atoms with E-state index in [1.165, 1.54) is 38.4 Å². The molecule has 2 saturated heterocycles. The molecule has 2 aliphatic heterocycles. The van der Waals surface area contributed by atoms with Crippen molar-refractivity contribution < 1.29 is 9.53 Å². The fourth-order valence-electron chi connectivity index (χ4n) is 4.39. The normalized spacial score (nSPS) is 31.9. The van der Waals surface area contributed by atoms with Crippen LogP contribution in [-0.2, 0) is 9.53 Å². The van der Waals surface area contributed by atoms with E-state index < -0.39 is 0 Å². The van der Waals surface area contributed by atoms with Gasteiger partial charge in [-0.3, -0.25) is 4.90 Å². The van der Waals surface area contributed by atoms with Crippen LogP contribution in [0.3, 0.4) is 0 Å². The number of hydrogen-bond acceptors (Lipinski definition) is 4. The van der Waals surface area contributed by atoms with E-state index in [4.69, 9.17) is 4.74 Å². The second-order valence-corrected chi connectivity index (χ2v) is 7.22. The quantitative estimate of drug-likeness (QED) is 0.586. The molecular weight excluding hydrogens is 264 g/mol. The molecule has 3 rings (SSSR count). The zero-order valence-corrected chi connectivity index (χ0v) is 13.3. The summed E-state index contributed by atoms with van der Waals surface area (Å²) < 4.78 is 5.45. The summed E-state index contributed by atoms with van der Waals surface area (Å²) in [5.41, 5.74) is -0.0452. The van der Waals surface area contributed by atoms with Crippen LogP contribution in [0, 0.1) is 5.41 Å². The van der Waals surface area contributed by atoms with E-state index in [9.17, 15) is 4.79 Å². The molecule has 0 aromatic rings. The summed E-state index contributed by atoms with van der Waals surface area (Å²) in [6, 6.07) is 0.684. The van der Waals surface area contributed by atoms with Crippen molar-refractivity contribution in [3.05, 3.63) is 0 Å². The second kappa shape index (κ2) is 7.21. The monoisotopic (exact) mass is 294 g/mol. The number of ether oxygens (including phenoxy) is 1. The van der Waals surface area contributed by atoms with Crippen LogP contribution in [0.15, 0.2) is 0 Å². The van der Waals surface area contributed by atoms with Gasteiger partial charge in [-0.1, -0.05) is 25.7 Å². The molecule has 0 aromatic heterocycles. The molecule has 0 aromatic carbocycles. The second-order valence-electron chi connectivity index (χ2n) is 7.22. The van der Waals surface area contributed by atoms with Gasteiger partial charge in [0, 0.05) is 37.6 Å². The largest absolute Gasteiger partial charge is 0.379 e. The smallest absolute Gasteiger partial charge is 0.127 e. The molecule has 0 amide bonds. The minimum absolute atomic E-state index is 0.0452. The van der Waals surface area contributed by atoms with E-state index in [0.717, 1.165) is 58.8 Å². The summed E-state index contributed by atoms with van der Waals surface area (Å²) in [5, 5.41) is 0. The van der Waals surface area contributed by atoms with Gasteiger partial charge in [0.1, 0.15) is 6.29 Å². The van der Waals surface area contributed by atoms with Gasteiger partial charge in [0.15, 0.2) is 0 Å². The predicted octanol–water partition coefficient (Wildman–Crippen LogP) is 1.93. The molecule has 4 nitrogen and oxygen atoms in total. The van der Waals surface area contributed by atoms with Gasteiger partial charge in [-0.05, 0) is 25.8 Å². The van der Waals surface area contributed by atoms with Crippen LogP contribution in [0.25, 0.3) is 0 Å². The predicted molar refractivity (Wildman–Crippen MR) is 83.4 cm³/mol. The molecule has 3 fully saturated rings. The van der Waals surface area contributed by atoms with Crippen LogP contribution in [-0.4, -0.2) is 68.1 Å². The maximum absolute atomic E-state index is 11.8. The Bertz CT molecular complexity index is 334. The highest BCUT2D eigenvalue weighted by Gasteiger charge is 2.36. The molecule has 21 heavy (non-hydrogen) atoms. The molecular formula is C17H30N2O2. The Morgan fingerprint density at radius 2 is 1.76 bits per heavy atom. The number of carbonyl (C=O) groups is 1. The van der Waals surface area contributed by atoms with Crippen molar-refractivity contribution in [3.63, 3.8) is 0 Å². The molecule has 1 atom stereocenters. The zero-order chi connectivity index (χ0) is 14.5. The molecule has 0 N–H and O–H groups in total. The van der Waals surface area contributed by atoms with Crippen molar-refractivity contribution >= 4 is 6.29 Å². The van der Waals surface area contributed by atoms with Crippen molar-refractivity contribution in [3.8, 4) is 0 Å². The summed E-state index contributed by atoms with van der Waals surface area (Å²) in [5.74, 6) is 0. The van der Waals surface area contributed by atoms with Gasteiger partial charge in [0.05, 0.1) is 13.2 Å². The molecule has 1 saturated carbocycles. The summed E-state index contributed by atoms with van der Waals surface area (Å²) in [6.45, 7) is 7.24. The molecule has 1 aliphatic carbocycles. The van der Waals surface area contributed by atoms with Gasteiger partial charge in [-0.2, -0.15) is 0 Å². The first-order valence-corrected chi connectivity index (χ1v) is 8.82. The highest BCUT2D eigenvalue weighted by Crippen LogP contribution is 2.35. The lowest BCUT2D eigenvalue weighted by molar-refractivity contribution is -0.118. The highest BCUT2D eigenvalue weighted by molar-refractivity contribution is 5.59. The third-order valence-electron chi connectivity index (χ3n) is 5.70. The third kappa shape index (κ3) is 3.85. The number of nitrogens with zero attached hydrogens (tertiary/aromatic N) is 2. The standard InChI is InChI=1S/C17H30N2O2/c20-15-17(6-3-1-2-4-7-17)14-18-8-5-16(13-18)19-9-11-21-12-10-19/h15-16H,1-14H2. The topological polar surface area (TPSA) is 32.8 Å². The minimum Gasteiger partial charge on any atom is -0.379 e. The average molecular weight is 294 g/mol. The first kappa shape index (κ1) is 15.4. The maximum Gasteiger partial charge on any atom is 0.127 e. The van der Waals surface area contributed by atoms with Crippen molar-refractivity contribution in [2.45, 2.75) is 51.0 Å². The molecule has 0 spiro atoms.